The van der Waals surface area contributed by atoms with E-state index < -0.39 is 12.1 Å². The third-order valence-corrected chi connectivity index (χ3v) is 4.13. The summed E-state index contributed by atoms with van der Waals surface area (Å²) in [6, 6.07) is 8.89. The molecule has 1 aliphatic rings. The van der Waals surface area contributed by atoms with Gasteiger partial charge in [-0.05, 0) is 24.3 Å². The van der Waals surface area contributed by atoms with Crippen molar-refractivity contribution < 1.29 is 32.9 Å². The smallest absolute Gasteiger partial charge is 0.490 e. The number of rotatable bonds is 4. The summed E-state index contributed by atoms with van der Waals surface area (Å²) in [6.07, 6.45) is -3.35. The molecule has 2 aromatic heterocycles. The topological polar surface area (TPSA) is 120 Å². The van der Waals surface area contributed by atoms with E-state index >= 15 is 0 Å². The molecule has 1 fully saturated rings. The van der Waals surface area contributed by atoms with Crippen LogP contribution in [0, 0.1) is 5.92 Å². The minimum Gasteiger partial charge on any atom is -0.508 e. The Kier molecular flexibility index (Phi) is 5.87. The molecule has 0 aliphatic carbocycles. The first-order valence-corrected chi connectivity index (χ1v) is 8.51. The summed E-state index contributed by atoms with van der Waals surface area (Å²) in [7, 11) is 0. The van der Waals surface area contributed by atoms with Crippen LogP contribution in [0.15, 0.2) is 36.5 Å². The van der Waals surface area contributed by atoms with Crippen LogP contribution >= 0.6 is 0 Å². The molecule has 29 heavy (non-hydrogen) atoms. The third-order valence-electron chi connectivity index (χ3n) is 4.13. The van der Waals surface area contributed by atoms with Crippen LogP contribution in [-0.4, -0.2) is 57.2 Å². The maximum Gasteiger partial charge on any atom is 0.490 e. The lowest BCUT2D eigenvalue weighted by atomic mass is 10.1. The average Bonchev–Trinajstić information content (AvgIpc) is 3.09. The Morgan fingerprint density at radius 3 is 2.45 bits per heavy atom. The van der Waals surface area contributed by atoms with Crippen molar-refractivity contribution in [2.75, 3.05) is 19.7 Å². The second kappa shape index (κ2) is 8.35. The molecule has 1 saturated heterocycles. The maximum atomic E-state index is 10.6. The average molecular weight is 410 g/mol. The first-order valence-electron chi connectivity index (χ1n) is 8.51. The van der Waals surface area contributed by atoms with Gasteiger partial charge in [0.05, 0.1) is 23.9 Å². The number of ether oxygens (including phenoxy) is 1. The normalized spacial score (nSPS) is 14.0. The first kappa shape index (κ1) is 20.4. The van der Waals surface area contributed by atoms with E-state index in [0.29, 0.717) is 18.2 Å². The van der Waals surface area contributed by atoms with E-state index in [9.17, 15) is 18.3 Å². The Morgan fingerprint density at radius 2 is 1.90 bits per heavy atom. The van der Waals surface area contributed by atoms with Crippen molar-refractivity contribution >= 4 is 17.0 Å². The van der Waals surface area contributed by atoms with Gasteiger partial charge in [0.1, 0.15) is 11.5 Å². The number of aromatic amines is 1. The van der Waals surface area contributed by atoms with Crippen LogP contribution < -0.4 is 10.1 Å². The number of aliphatic carboxylic acids is 1. The number of aromatic nitrogens is 3. The molecule has 0 spiro atoms. The molecule has 11 heteroatoms. The Labute approximate surface area is 162 Å². The number of carboxylic acids is 1. The number of H-pyrrole nitrogens is 1. The van der Waals surface area contributed by atoms with E-state index in [4.69, 9.17) is 14.6 Å². The zero-order chi connectivity index (χ0) is 21.0. The summed E-state index contributed by atoms with van der Waals surface area (Å²) in [4.78, 5) is 13.5. The number of halogens is 3. The first-order chi connectivity index (χ1) is 13.7. The standard InChI is InChI=1S/C16H16N4O2.C2HF3O2/c21-12-3-1-11(2-4-12)14-5-15(22-9-10-6-17-7-10)13-8-18-20-16(13)19-14;3-2(4,5)1(6)7/h1-5,8,10,17,21H,6-7,9H2,(H,18,19,20);(H,6,7). The van der Waals surface area contributed by atoms with Crippen molar-refractivity contribution in [3.63, 3.8) is 0 Å². The van der Waals surface area contributed by atoms with Gasteiger partial charge in [0.25, 0.3) is 0 Å². The van der Waals surface area contributed by atoms with Crippen molar-refractivity contribution in [3.8, 4) is 22.8 Å². The molecule has 4 N–H and O–H groups in total. The second-order valence-corrected chi connectivity index (χ2v) is 6.32. The largest absolute Gasteiger partial charge is 0.508 e. The molecule has 3 heterocycles. The molecule has 1 aliphatic heterocycles. The number of phenols is 1. The van der Waals surface area contributed by atoms with E-state index in [1.807, 2.05) is 18.2 Å². The minimum atomic E-state index is -5.08. The van der Waals surface area contributed by atoms with E-state index in [1.165, 1.54) is 0 Å². The number of nitrogens with zero attached hydrogens (tertiary/aromatic N) is 2. The second-order valence-electron chi connectivity index (χ2n) is 6.32. The number of alkyl halides is 3. The number of phenolic OH excluding ortho intramolecular Hbond substituents is 1. The van der Waals surface area contributed by atoms with Gasteiger partial charge < -0.3 is 20.3 Å². The van der Waals surface area contributed by atoms with Gasteiger partial charge in [-0.1, -0.05) is 0 Å². The lowest BCUT2D eigenvalue weighted by Crippen LogP contribution is -2.45. The van der Waals surface area contributed by atoms with Gasteiger partial charge in [-0.2, -0.15) is 18.3 Å². The molecule has 4 rings (SSSR count). The van der Waals surface area contributed by atoms with Gasteiger partial charge in [0.2, 0.25) is 0 Å². The Hall–Kier alpha value is -3.34. The third kappa shape index (κ3) is 5.13. The van der Waals surface area contributed by atoms with Crippen LogP contribution in [0.1, 0.15) is 0 Å². The number of hydrogen-bond acceptors (Lipinski definition) is 6. The zero-order valence-electron chi connectivity index (χ0n) is 14.9. The van der Waals surface area contributed by atoms with Crippen LogP contribution in [0.4, 0.5) is 13.2 Å². The highest BCUT2D eigenvalue weighted by molar-refractivity contribution is 5.84. The number of aromatic hydroxyl groups is 1. The number of benzene rings is 1. The lowest BCUT2D eigenvalue weighted by Gasteiger charge is -2.26. The summed E-state index contributed by atoms with van der Waals surface area (Å²) in [5.41, 5.74) is 2.41. The number of carbonyl (C=O) groups is 1. The van der Waals surface area contributed by atoms with Crippen LogP contribution in [0.5, 0.6) is 11.5 Å². The van der Waals surface area contributed by atoms with Gasteiger partial charge in [0, 0.05) is 30.6 Å². The minimum absolute atomic E-state index is 0.236. The van der Waals surface area contributed by atoms with Crippen LogP contribution in [-0.2, 0) is 4.79 Å². The predicted octanol–water partition coefficient (Wildman–Crippen LogP) is 2.56. The van der Waals surface area contributed by atoms with Gasteiger partial charge in [-0.3, -0.25) is 5.10 Å². The van der Waals surface area contributed by atoms with Crippen molar-refractivity contribution in [2.45, 2.75) is 6.18 Å². The number of carboxylic acid groups (broad SMARTS) is 1. The summed E-state index contributed by atoms with van der Waals surface area (Å²) < 4.78 is 37.7. The predicted molar refractivity (Wildman–Crippen MR) is 96.5 cm³/mol. The van der Waals surface area contributed by atoms with Crippen LogP contribution in [0.3, 0.4) is 0 Å². The van der Waals surface area contributed by atoms with E-state index in [2.05, 4.69) is 20.5 Å². The number of pyridine rings is 1. The van der Waals surface area contributed by atoms with E-state index in [1.54, 1.807) is 18.3 Å². The number of fused-ring (bicyclic) bond motifs is 1. The molecule has 1 aromatic carbocycles. The molecular formula is C18H17F3N4O4. The van der Waals surface area contributed by atoms with Crippen molar-refractivity contribution in [3.05, 3.63) is 36.5 Å². The fourth-order valence-corrected chi connectivity index (χ4v) is 2.47. The van der Waals surface area contributed by atoms with Crippen LogP contribution in [0.2, 0.25) is 0 Å². The van der Waals surface area contributed by atoms with Gasteiger partial charge in [-0.25, -0.2) is 9.78 Å². The summed E-state index contributed by atoms with van der Waals surface area (Å²) in [5.74, 6) is -1.17. The van der Waals surface area contributed by atoms with E-state index in [0.717, 1.165) is 35.5 Å². The van der Waals surface area contributed by atoms with E-state index in [-0.39, 0.29) is 5.75 Å². The highest BCUT2D eigenvalue weighted by atomic mass is 19.4. The zero-order valence-corrected chi connectivity index (χ0v) is 14.9. The maximum absolute atomic E-state index is 10.6. The molecule has 0 saturated carbocycles. The van der Waals surface area contributed by atoms with Gasteiger partial charge in [-0.15, -0.1) is 0 Å². The van der Waals surface area contributed by atoms with Crippen molar-refractivity contribution in [1.29, 1.82) is 0 Å². The molecule has 154 valence electrons. The quantitative estimate of drug-likeness (QED) is 0.522. The summed E-state index contributed by atoms with van der Waals surface area (Å²) in [6.45, 7) is 2.70. The SMILES string of the molecule is O=C(O)C(F)(F)F.Oc1ccc(-c2cc(OCC3CNC3)c3cn[nH]c3n2)cc1. The number of nitrogens with one attached hydrogen (secondary N) is 2. The Balaban J connectivity index is 0.000000298. The molecule has 0 unspecified atom stereocenters. The van der Waals surface area contributed by atoms with Crippen molar-refractivity contribution in [2.24, 2.45) is 5.92 Å². The highest BCUT2D eigenvalue weighted by Crippen LogP contribution is 2.30. The number of hydrogen-bond donors (Lipinski definition) is 4. The fraction of sp³-hybridized carbons (Fsp3) is 0.278. The molecule has 3 aromatic rings. The van der Waals surface area contributed by atoms with Crippen molar-refractivity contribution in [1.82, 2.24) is 20.5 Å². The molecule has 0 atom stereocenters. The highest BCUT2D eigenvalue weighted by Gasteiger charge is 2.38. The summed E-state index contributed by atoms with van der Waals surface area (Å²) >= 11 is 0. The van der Waals surface area contributed by atoms with Gasteiger partial charge >= 0.3 is 12.1 Å². The van der Waals surface area contributed by atoms with Crippen LogP contribution in [0.25, 0.3) is 22.3 Å². The molecule has 0 amide bonds. The Bertz CT molecular complexity index is 985. The molecule has 0 radical (unpaired) electrons. The summed E-state index contributed by atoms with van der Waals surface area (Å²) in [5, 5.41) is 27.6. The molecular weight excluding hydrogens is 393 g/mol. The van der Waals surface area contributed by atoms with Gasteiger partial charge in [0.15, 0.2) is 5.65 Å². The molecule has 8 nitrogen and oxygen atoms in total. The Morgan fingerprint density at radius 1 is 1.24 bits per heavy atom. The fourth-order valence-electron chi connectivity index (χ4n) is 2.47. The monoisotopic (exact) mass is 410 g/mol. The molecule has 0 bridgehead atoms. The lowest BCUT2D eigenvalue weighted by molar-refractivity contribution is -0.192.